The highest BCUT2D eigenvalue weighted by atomic mass is 32.2. The highest BCUT2D eigenvalue weighted by Gasteiger charge is 2.49. The minimum Gasteiger partial charge on any atom is -0.469 e. The van der Waals surface area contributed by atoms with E-state index in [0.717, 1.165) is 43.2 Å². The summed E-state index contributed by atoms with van der Waals surface area (Å²) in [5, 5.41) is -0.0253. The zero-order valence-corrected chi connectivity index (χ0v) is 39.0. The van der Waals surface area contributed by atoms with Crippen molar-refractivity contribution in [2.24, 2.45) is 11.8 Å². The van der Waals surface area contributed by atoms with E-state index >= 15 is 0 Å². The van der Waals surface area contributed by atoms with E-state index in [-0.39, 0.29) is 45.0 Å². The number of carbonyl (C=O) groups is 1. The van der Waals surface area contributed by atoms with Crippen molar-refractivity contribution < 1.29 is 35.7 Å². The third-order valence-electron chi connectivity index (χ3n) is 12.1. The maximum absolute atomic E-state index is 13.9. The topological polar surface area (TPSA) is 97.4 Å². The molecule has 3 rings (SSSR count). The molecule has 0 amide bonds. The first-order valence-corrected chi connectivity index (χ1v) is 27.4. The molecule has 2 aromatic rings. The van der Waals surface area contributed by atoms with Gasteiger partial charge in [0.15, 0.2) is 16.6 Å². The molecule has 0 heterocycles. The van der Waals surface area contributed by atoms with Gasteiger partial charge in [0.2, 0.25) is 0 Å². The Morgan fingerprint density at radius 3 is 2.07 bits per heavy atom. The van der Waals surface area contributed by atoms with Crippen LogP contribution >= 0.6 is 0 Å². The predicted octanol–water partition coefficient (Wildman–Crippen LogP) is 10.9. The molecular weight excluding hydrogens is 745 g/mol. The second-order valence-corrected chi connectivity index (χ2v) is 29.7. The number of carbonyl (C=O) groups excluding carboxylic acids is 1. The fourth-order valence-corrected chi connectivity index (χ4v) is 10.5. The molecule has 0 aliphatic heterocycles. The molecule has 5 atom stereocenters. The van der Waals surface area contributed by atoms with Gasteiger partial charge in [-0.2, -0.15) is 8.42 Å². The van der Waals surface area contributed by atoms with Gasteiger partial charge in [-0.3, -0.25) is 8.98 Å². The van der Waals surface area contributed by atoms with Crippen LogP contribution in [-0.4, -0.2) is 63.6 Å². The molecule has 0 aromatic heterocycles. The molecule has 0 bridgehead atoms. The van der Waals surface area contributed by atoms with Crippen molar-refractivity contribution in [1.29, 1.82) is 0 Å². The van der Waals surface area contributed by atoms with Gasteiger partial charge in [0.05, 0.1) is 36.9 Å². The van der Waals surface area contributed by atoms with Gasteiger partial charge >= 0.3 is 5.97 Å². The lowest BCUT2D eigenvalue weighted by Crippen LogP contribution is -2.45. The van der Waals surface area contributed by atoms with E-state index in [1.807, 2.05) is 6.92 Å². The SMILES string of the molecule is COCc1cccc(C[C@H](/C=C/[C@@H]2[C@@H](CCCCCCC(=O)OC)[C@@H](OS(=O)(=O)c3ccc(C)cc3)C[C@H]2O[Si](C)(C)C(C)(C)C)O[Si](C)(C)C(C)(C)C)c1. The molecule has 1 saturated carbocycles. The first-order valence-electron chi connectivity index (χ1n) is 20.2. The van der Waals surface area contributed by atoms with Gasteiger partial charge in [-0.05, 0) is 85.2 Å². The Bertz CT molecular complexity index is 1640. The van der Waals surface area contributed by atoms with Crippen LogP contribution in [0.4, 0.5) is 0 Å². The van der Waals surface area contributed by atoms with Crippen molar-refractivity contribution in [3.63, 3.8) is 0 Å². The number of hydrogen-bond donors (Lipinski definition) is 0. The predicted molar refractivity (Wildman–Crippen MR) is 229 cm³/mol. The van der Waals surface area contributed by atoms with E-state index in [1.165, 1.54) is 12.7 Å². The zero-order chi connectivity index (χ0) is 41.2. The molecule has 0 N–H and O–H groups in total. The van der Waals surface area contributed by atoms with Gasteiger partial charge in [-0.15, -0.1) is 0 Å². The molecule has 1 fully saturated rings. The van der Waals surface area contributed by atoms with Crippen LogP contribution < -0.4 is 0 Å². The van der Waals surface area contributed by atoms with Crippen molar-refractivity contribution in [2.75, 3.05) is 14.2 Å². The van der Waals surface area contributed by atoms with Gasteiger partial charge in [-0.25, -0.2) is 0 Å². The first-order chi connectivity index (χ1) is 25.5. The Morgan fingerprint density at radius 2 is 1.47 bits per heavy atom. The highest BCUT2D eigenvalue weighted by molar-refractivity contribution is 7.86. The van der Waals surface area contributed by atoms with Crippen LogP contribution in [0.5, 0.6) is 0 Å². The van der Waals surface area contributed by atoms with Crippen LogP contribution in [0.2, 0.25) is 36.3 Å². The number of benzene rings is 2. The van der Waals surface area contributed by atoms with E-state index in [2.05, 4.69) is 104 Å². The Kier molecular flexibility index (Phi) is 17.2. The average molecular weight is 817 g/mol. The molecular formula is C44H72O8SSi2. The highest BCUT2D eigenvalue weighted by Crippen LogP contribution is 2.46. The molecule has 1 aliphatic carbocycles. The quantitative estimate of drug-likeness (QED) is 0.0428. The van der Waals surface area contributed by atoms with E-state index in [4.69, 9.17) is 22.5 Å². The van der Waals surface area contributed by atoms with Crippen LogP contribution in [0.25, 0.3) is 0 Å². The number of rotatable bonds is 20. The lowest BCUT2D eigenvalue weighted by molar-refractivity contribution is -0.140. The summed E-state index contributed by atoms with van der Waals surface area (Å²) in [6, 6.07) is 15.4. The van der Waals surface area contributed by atoms with Gasteiger partial charge in [0.1, 0.15) is 0 Å². The number of hydrogen-bond acceptors (Lipinski definition) is 8. The summed E-state index contributed by atoms with van der Waals surface area (Å²) in [6.07, 6.45) is 9.34. The number of esters is 1. The Labute approximate surface area is 336 Å². The van der Waals surface area contributed by atoms with Crippen LogP contribution in [0.15, 0.2) is 65.6 Å². The number of unbranched alkanes of at least 4 members (excludes halogenated alkanes) is 3. The van der Waals surface area contributed by atoms with Crippen LogP contribution in [0, 0.1) is 18.8 Å². The van der Waals surface area contributed by atoms with Crippen molar-refractivity contribution in [2.45, 2.75) is 166 Å². The standard InChI is InChI=1S/C44H72O8SSi2/c1-33-23-26-37(27-24-33)53(46,47)50-40-31-41(52-55(12,13)44(5,6)7)39(38(40)21-16-14-15-17-22-42(45)49-9)28-25-36(51-54(10,11)43(2,3)4)30-34-19-18-20-35(29-34)32-48-8/h18-20,23-29,36,38-41H,14-17,21-22,30-32H2,1-13H3/b28-25+/t36-,38+,39+,40-,41+/m0/s1. The van der Waals surface area contributed by atoms with E-state index < -0.39 is 32.9 Å². The lowest BCUT2D eigenvalue weighted by atomic mass is 9.87. The minimum atomic E-state index is -4.03. The Balaban J connectivity index is 2.07. The summed E-state index contributed by atoms with van der Waals surface area (Å²) in [7, 11) is -5.37. The molecule has 11 heteroatoms. The molecule has 55 heavy (non-hydrogen) atoms. The lowest BCUT2D eigenvalue weighted by Gasteiger charge is -2.40. The van der Waals surface area contributed by atoms with E-state index in [1.54, 1.807) is 31.4 Å². The number of ether oxygens (including phenoxy) is 2. The van der Waals surface area contributed by atoms with Gasteiger partial charge in [0, 0.05) is 32.3 Å². The molecule has 0 radical (unpaired) electrons. The summed E-state index contributed by atoms with van der Waals surface area (Å²) < 4.78 is 58.6. The van der Waals surface area contributed by atoms with E-state index in [0.29, 0.717) is 25.9 Å². The van der Waals surface area contributed by atoms with Gasteiger partial charge in [-0.1, -0.05) is 115 Å². The second kappa shape index (κ2) is 20.0. The summed E-state index contributed by atoms with van der Waals surface area (Å²) in [4.78, 5) is 11.9. The molecule has 8 nitrogen and oxygen atoms in total. The Hall–Kier alpha value is -2.13. The van der Waals surface area contributed by atoms with Gasteiger partial charge < -0.3 is 18.3 Å². The smallest absolute Gasteiger partial charge is 0.305 e. The molecule has 0 unspecified atom stereocenters. The summed E-state index contributed by atoms with van der Waals surface area (Å²) in [5.41, 5.74) is 3.28. The number of aryl methyl sites for hydroxylation is 1. The fraction of sp³-hybridized carbons (Fsp3) is 0.659. The van der Waals surface area contributed by atoms with Crippen molar-refractivity contribution >= 4 is 32.7 Å². The van der Waals surface area contributed by atoms with Crippen LogP contribution in [0.1, 0.15) is 103 Å². The van der Waals surface area contributed by atoms with Crippen molar-refractivity contribution in [3.8, 4) is 0 Å². The van der Waals surface area contributed by atoms with Crippen molar-refractivity contribution in [1.82, 2.24) is 0 Å². The molecule has 0 spiro atoms. The minimum absolute atomic E-state index is 0.0119. The van der Waals surface area contributed by atoms with Crippen LogP contribution in [0.3, 0.4) is 0 Å². The average Bonchev–Trinajstić information content (AvgIpc) is 3.37. The molecule has 2 aromatic carbocycles. The van der Waals surface area contributed by atoms with Crippen molar-refractivity contribution in [3.05, 3.63) is 77.4 Å². The fourth-order valence-electron chi connectivity index (χ4n) is 6.75. The van der Waals surface area contributed by atoms with Gasteiger partial charge in [0.25, 0.3) is 10.1 Å². The zero-order valence-electron chi connectivity index (χ0n) is 36.2. The maximum atomic E-state index is 13.9. The summed E-state index contributed by atoms with van der Waals surface area (Å²) in [6.45, 7) is 25.1. The number of methoxy groups -OCH3 is 2. The Morgan fingerprint density at radius 1 is 0.855 bits per heavy atom. The van der Waals surface area contributed by atoms with E-state index in [9.17, 15) is 13.2 Å². The van der Waals surface area contributed by atoms with Crippen LogP contribution in [-0.2, 0) is 50.4 Å². The first kappa shape index (κ1) is 47.3. The maximum Gasteiger partial charge on any atom is 0.305 e. The normalized spacial score (nSPS) is 20.6. The largest absolute Gasteiger partial charge is 0.469 e. The monoisotopic (exact) mass is 816 g/mol. The summed E-state index contributed by atoms with van der Waals surface area (Å²) >= 11 is 0. The molecule has 310 valence electrons. The summed E-state index contributed by atoms with van der Waals surface area (Å²) in [5.74, 6) is -0.389. The second-order valence-electron chi connectivity index (χ2n) is 18.6. The third-order valence-corrected chi connectivity index (χ3v) is 22.5. The molecule has 1 aliphatic rings. The third kappa shape index (κ3) is 14.0. The molecule has 0 saturated heterocycles.